The van der Waals surface area contributed by atoms with Crippen LogP contribution in [0.2, 0.25) is 0 Å². The van der Waals surface area contributed by atoms with E-state index in [9.17, 15) is 4.79 Å². The maximum absolute atomic E-state index is 12.7. The van der Waals surface area contributed by atoms with Gasteiger partial charge in [0.15, 0.2) is 0 Å². The number of carbonyl (C=O) groups is 1. The highest BCUT2D eigenvalue weighted by molar-refractivity contribution is 5.94. The molecule has 0 unspecified atom stereocenters. The maximum Gasteiger partial charge on any atom is 0.253 e. The topological polar surface area (TPSA) is 38.8 Å². The van der Waals surface area contributed by atoms with Crippen LogP contribution in [0.1, 0.15) is 28.8 Å². The predicted molar refractivity (Wildman–Crippen MR) is 97.2 cm³/mol. The highest BCUT2D eigenvalue weighted by Crippen LogP contribution is 2.15. The van der Waals surface area contributed by atoms with E-state index in [-0.39, 0.29) is 5.91 Å². The zero-order chi connectivity index (χ0) is 16.9. The van der Waals surface area contributed by atoms with Crippen molar-refractivity contribution in [1.29, 1.82) is 0 Å². The molecule has 0 atom stereocenters. The van der Waals surface area contributed by atoms with E-state index in [4.69, 9.17) is 0 Å². The van der Waals surface area contributed by atoms with Crippen LogP contribution < -0.4 is 5.32 Å². The van der Waals surface area contributed by atoms with Crippen molar-refractivity contribution in [3.05, 3.63) is 35.4 Å². The van der Waals surface area contributed by atoms with E-state index in [2.05, 4.69) is 34.3 Å². The van der Waals surface area contributed by atoms with Crippen LogP contribution in [-0.4, -0.2) is 80.0 Å². The number of amides is 1. The zero-order valence-electron chi connectivity index (χ0n) is 15.0. The number of hydrogen-bond acceptors (Lipinski definition) is 4. The Hall–Kier alpha value is -1.43. The number of nitrogens with zero attached hydrogens (tertiary/aromatic N) is 3. The molecule has 2 aliphatic rings. The molecule has 2 saturated heterocycles. The Labute approximate surface area is 145 Å². The molecule has 1 aromatic rings. The molecule has 132 valence electrons. The molecule has 0 spiro atoms. The lowest BCUT2D eigenvalue weighted by molar-refractivity contribution is 0.0703. The lowest BCUT2D eigenvalue weighted by atomic mass is 10.0. The quantitative estimate of drug-likeness (QED) is 0.902. The molecular weight excluding hydrogens is 300 g/mol. The van der Waals surface area contributed by atoms with Crippen molar-refractivity contribution in [2.45, 2.75) is 25.4 Å². The number of benzene rings is 1. The Morgan fingerprint density at radius 3 is 2.38 bits per heavy atom. The standard InChI is InChI=1S/C19H30N4O/c1-21-11-13-23(14-12-21)15-16-3-5-17(6-4-16)19(24)22(2)18-7-9-20-10-8-18/h3-6,18,20H,7-15H2,1-2H3. The molecule has 0 aliphatic carbocycles. The molecule has 0 saturated carbocycles. The summed E-state index contributed by atoms with van der Waals surface area (Å²) in [6.07, 6.45) is 2.09. The molecule has 1 amide bonds. The summed E-state index contributed by atoms with van der Waals surface area (Å²) in [6.45, 7) is 7.51. The van der Waals surface area contributed by atoms with Crippen LogP contribution in [-0.2, 0) is 6.54 Å². The van der Waals surface area contributed by atoms with E-state index in [0.717, 1.165) is 64.2 Å². The van der Waals surface area contributed by atoms with Crippen LogP contribution in [0.25, 0.3) is 0 Å². The normalized spacial score (nSPS) is 20.9. The van der Waals surface area contributed by atoms with Gasteiger partial charge in [0.1, 0.15) is 0 Å². The number of hydrogen-bond donors (Lipinski definition) is 1. The first-order valence-corrected chi connectivity index (χ1v) is 9.11. The van der Waals surface area contributed by atoms with Crippen molar-refractivity contribution >= 4 is 5.91 Å². The minimum Gasteiger partial charge on any atom is -0.339 e. The summed E-state index contributed by atoms with van der Waals surface area (Å²) in [4.78, 5) is 19.5. The van der Waals surface area contributed by atoms with Gasteiger partial charge in [0.25, 0.3) is 5.91 Å². The molecule has 5 nitrogen and oxygen atoms in total. The molecule has 0 radical (unpaired) electrons. The number of carbonyl (C=O) groups excluding carboxylic acids is 1. The van der Waals surface area contributed by atoms with Gasteiger partial charge in [-0.1, -0.05) is 12.1 Å². The first kappa shape index (κ1) is 17.4. The molecule has 2 aliphatic heterocycles. The number of piperazine rings is 1. The van der Waals surface area contributed by atoms with E-state index < -0.39 is 0 Å². The van der Waals surface area contributed by atoms with Crippen molar-refractivity contribution in [2.75, 3.05) is 53.4 Å². The van der Waals surface area contributed by atoms with Crippen LogP contribution in [0.15, 0.2) is 24.3 Å². The van der Waals surface area contributed by atoms with Crippen LogP contribution in [0, 0.1) is 0 Å². The smallest absolute Gasteiger partial charge is 0.253 e. The van der Waals surface area contributed by atoms with Gasteiger partial charge in [-0.3, -0.25) is 9.69 Å². The number of nitrogens with one attached hydrogen (secondary N) is 1. The molecular formula is C19H30N4O. The SMILES string of the molecule is CN1CCN(Cc2ccc(C(=O)N(C)C3CCNCC3)cc2)CC1. The van der Waals surface area contributed by atoms with Crippen LogP contribution in [0.4, 0.5) is 0 Å². The molecule has 3 rings (SSSR count). The van der Waals surface area contributed by atoms with Crippen LogP contribution >= 0.6 is 0 Å². The molecule has 1 N–H and O–H groups in total. The van der Waals surface area contributed by atoms with Gasteiger partial charge in [-0.05, 0) is 50.7 Å². The van der Waals surface area contributed by atoms with Crippen molar-refractivity contribution < 1.29 is 4.79 Å². The van der Waals surface area contributed by atoms with Gasteiger partial charge in [0.2, 0.25) is 0 Å². The van der Waals surface area contributed by atoms with E-state index in [1.165, 1.54) is 5.56 Å². The lowest BCUT2D eigenvalue weighted by Crippen LogP contribution is -2.44. The van der Waals surface area contributed by atoms with Crippen molar-refractivity contribution in [3.63, 3.8) is 0 Å². The first-order chi connectivity index (χ1) is 11.6. The number of likely N-dealkylation sites (N-methyl/N-ethyl adjacent to an activating group) is 1. The monoisotopic (exact) mass is 330 g/mol. The molecule has 0 aromatic heterocycles. The Bertz CT molecular complexity index is 531. The van der Waals surface area contributed by atoms with Gasteiger partial charge in [0.05, 0.1) is 0 Å². The lowest BCUT2D eigenvalue weighted by Gasteiger charge is -2.32. The van der Waals surface area contributed by atoms with Gasteiger partial charge < -0.3 is 15.1 Å². The summed E-state index contributed by atoms with van der Waals surface area (Å²) < 4.78 is 0. The Morgan fingerprint density at radius 2 is 1.75 bits per heavy atom. The largest absolute Gasteiger partial charge is 0.339 e. The predicted octanol–water partition coefficient (Wildman–Crippen LogP) is 1.26. The molecule has 2 fully saturated rings. The van der Waals surface area contributed by atoms with E-state index in [1.807, 2.05) is 24.1 Å². The second-order valence-electron chi connectivity index (χ2n) is 7.17. The molecule has 0 bridgehead atoms. The highest BCUT2D eigenvalue weighted by atomic mass is 16.2. The maximum atomic E-state index is 12.7. The fourth-order valence-electron chi connectivity index (χ4n) is 3.58. The first-order valence-electron chi connectivity index (χ1n) is 9.11. The second-order valence-corrected chi connectivity index (χ2v) is 7.17. The van der Waals surface area contributed by atoms with Gasteiger partial charge >= 0.3 is 0 Å². The average Bonchev–Trinajstić information content (AvgIpc) is 2.64. The van der Waals surface area contributed by atoms with Crippen molar-refractivity contribution in [2.24, 2.45) is 0 Å². The molecule has 24 heavy (non-hydrogen) atoms. The fourth-order valence-corrected chi connectivity index (χ4v) is 3.58. The minimum atomic E-state index is 0.146. The summed E-state index contributed by atoms with van der Waals surface area (Å²) in [7, 11) is 4.12. The van der Waals surface area contributed by atoms with Gasteiger partial charge in [0, 0.05) is 51.4 Å². The molecule has 5 heteroatoms. The third-order valence-electron chi connectivity index (χ3n) is 5.38. The van der Waals surface area contributed by atoms with Gasteiger partial charge in [-0.15, -0.1) is 0 Å². The third-order valence-corrected chi connectivity index (χ3v) is 5.38. The summed E-state index contributed by atoms with van der Waals surface area (Å²) in [5, 5.41) is 3.35. The average molecular weight is 330 g/mol. The fraction of sp³-hybridized carbons (Fsp3) is 0.632. The molecule has 2 heterocycles. The number of piperidine rings is 1. The van der Waals surface area contributed by atoms with Crippen LogP contribution in [0.5, 0.6) is 0 Å². The summed E-state index contributed by atoms with van der Waals surface area (Å²) in [5.41, 5.74) is 2.10. The molecule has 1 aromatic carbocycles. The number of rotatable bonds is 4. The summed E-state index contributed by atoms with van der Waals surface area (Å²) >= 11 is 0. The van der Waals surface area contributed by atoms with Crippen molar-refractivity contribution in [3.8, 4) is 0 Å². The minimum absolute atomic E-state index is 0.146. The van der Waals surface area contributed by atoms with Crippen LogP contribution in [0.3, 0.4) is 0 Å². The van der Waals surface area contributed by atoms with E-state index >= 15 is 0 Å². The highest BCUT2D eigenvalue weighted by Gasteiger charge is 2.22. The van der Waals surface area contributed by atoms with Gasteiger partial charge in [-0.25, -0.2) is 0 Å². The zero-order valence-corrected chi connectivity index (χ0v) is 15.0. The van der Waals surface area contributed by atoms with E-state index in [1.54, 1.807) is 0 Å². The Morgan fingerprint density at radius 1 is 1.12 bits per heavy atom. The third kappa shape index (κ3) is 4.35. The summed E-state index contributed by atoms with van der Waals surface area (Å²) in [5.74, 6) is 0.146. The second kappa shape index (κ2) is 8.10. The Kier molecular flexibility index (Phi) is 5.87. The summed E-state index contributed by atoms with van der Waals surface area (Å²) in [6, 6.07) is 8.57. The Balaban J connectivity index is 1.56. The van der Waals surface area contributed by atoms with Crippen molar-refractivity contribution in [1.82, 2.24) is 20.0 Å². The van der Waals surface area contributed by atoms with Gasteiger partial charge in [-0.2, -0.15) is 0 Å². The van der Waals surface area contributed by atoms with E-state index in [0.29, 0.717) is 6.04 Å².